The topological polar surface area (TPSA) is 43.1 Å². The van der Waals surface area contributed by atoms with Gasteiger partial charge in [-0.2, -0.15) is 0 Å². The predicted molar refractivity (Wildman–Crippen MR) is 69.6 cm³/mol. The van der Waals surface area contributed by atoms with Gasteiger partial charge in [-0.25, -0.2) is 0 Å². The Hall–Kier alpha value is -1.35. The fourth-order valence-electron chi connectivity index (χ4n) is 1.27. The van der Waals surface area contributed by atoms with Crippen LogP contribution in [0.1, 0.15) is 0 Å². The first kappa shape index (κ1) is 12.1. The molecule has 17 heavy (non-hydrogen) atoms. The zero-order chi connectivity index (χ0) is 12.3. The van der Waals surface area contributed by atoms with E-state index in [4.69, 9.17) is 11.6 Å². The minimum absolute atomic E-state index is 0.126. The number of nitrogens with zero attached hydrogens (tertiary/aromatic N) is 1. The summed E-state index contributed by atoms with van der Waals surface area (Å²) in [5, 5.41) is 11.2. The van der Waals surface area contributed by atoms with Crippen molar-refractivity contribution in [1.29, 1.82) is 0 Å². The number of nitro groups is 1. The number of hydrogen-bond acceptors (Lipinski definition) is 2. The fourth-order valence-corrected chi connectivity index (χ4v) is 3.11. The van der Waals surface area contributed by atoms with Gasteiger partial charge in [0.1, 0.15) is 0 Å². The van der Waals surface area contributed by atoms with Crippen LogP contribution < -0.4 is 8.92 Å². The normalized spacial score (nSPS) is 10.2. The van der Waals surface area contributed by atoms with Gasteiger partial charge in [-0.3, -0.25) is 0 Å². The van der Waals surface area contributed by atoms with Crippen molar-refractivity contribution in [2.45, 2.75) is 0 Å². The monoisotopic (exact) mass is 313 g/mol. The van der Waals surface area contributed by atoms with E-state index in [9.17, 15) is 10.1 Å². The molecule has 0 aliphatic heterocycles. The summed E-state index contributed by atoms with van der Waals surface area (Å²) in [5.74, 6) is 0. The van der Waals surface area contributed by atoms with Gasteiger partial charge >= 0.3 is 110 Å². The number of halogens is 1. The van der Waals surface area contributed by atoms with E-state index < -0.39 is 0 Å². The summed E-state index contributed by atoms with van der Waals surface area (Å²) in [6.07, 6.45) is 0. The molecule has 0 aromatic heterocycles. The maximum absolute atomic E-state index is 10.5. The van der Waals surface area contributed by atoms with Gasteiger partial charge in [-0.15, -0.1) is 0 Å². The Kier molecular flexibility index (Phi) is 3.79. The number of non-ortho nitro benzene ring substituents is 1. The second kappa shape index (κ2) is 5.32. The molecule has 0 aliphatic rings. The van der Waals surface area contributed by atoms with Crippen LogP contribution in [0.2, 0.25) is 5.02 Å². The molecule has 2 aromatic carbocycles. The standard InChI is InChI=1S/C12H8ClNO2Se/c13-9-1-5-11(6-2-9)17-12-7-3-10(4-8-12)14(15)16/h1-8H. The Labute approximate surface area is 110 Å². The number of nitro benzene ring substituents is 1. The van der Waals surface area contributed by atoms with Gasteiger partial charge in [0.2, 0.25) is 0 Å². The van der Waals surface area contributed by atoms with Crippen LogP contribution in [0.25, 0.3) is 0 Å². The van der Waals surface area contributed by atoms with E-state index in [0.717, 1.165) is 4.46 Å². The van der Waals surface area contributed by atoms with Crippen molar-refractivity contribution in [2.75, 3.05) is 0 Å². The molecule has 0 atom stereocenters. The summed E-state index contributed by atoms with van der Waals surface area (Å²) < 4.78 is 2.29. The van der Waals surface area contributed by atoms with E-state index in [-0.39, 0.29) is 25.6 Å². The molecule has 0 spiro atoms. The molecular weight excluding hydrogens is 305 g/mol. The van der Waals surface area contributed by atoms with Crippen LogP contribution in [0, 0.1) is 10.1 Å². The first-order valence-electron chi connectivity index (χ1n) is 4.83. The van der Waals surface area contributed by atoms with Gasteiger partial charge in [0.05, 0.1) is 0 Å². The minimum atomic E-state index is -0.390. The molecular formula is C12H8ClNO2Se. The van der Waals surface area contributed by atoms with Gasteiger partial charge in [0.15, 0.2) is 0 Å². The Morgan fingerprint density at radius 3 is 1.88 bits per heavy atom. The Bertz CT molecular complexity index is 525. The number of benzene rings is 2. The Morgan fingerprint density at radius 2 is 1.41 bits per heavy atom. The molecule has 2 aromatic rings. The quantitative estimate of drug-likeness (QED) is 0.493. The third kappa shape index (κ3) is 3.30. The molecule has 0 heterocycles. The zero-order valence-electron chi connectivity index (χ0n) is 8.67. The van der Waals surface area contributed by atoms with E-state index in [0.29, 0.717) is 5.02 Å². The van der Waals surface area contributed by atoms with Gasteiger partial charge in [0, 0.05) is 0 Å². The van der Waals surface area contributed by atoms with Crippen molar-refractivity contribution in [2.24, 2.45) is 0 Å². The van der Waals surface area contributed by atoms with Gasteiger partial charge < -0.3 is 0 Å². The average molecular weight is 313 g/mol. The molecule has 0 amide bonds. The van der Waals surface area contributed by atoms with Crippen LogP contribution in [0.4, 0.5) is 5.69 Å². The van der Waals surface area contributed by atoms with Crippen molar-refractivity contribution in [3.8, 4) is 0 Å². The molecule has 0 aliphatic carbocycles. The second-order valence-corrected chi connectivity index (χ2v) is 6.15. The summed E-state index contributed by atoms with van der Waals surface area (Å²) in [5.41, 5.74) is 0.126. The molecule has 0 saturated heterocycles. The number of hydrogen-bond donors (Lipinski definition) is 0. The molecule has 0 saturated carbocycles. The summed E-state index contributed by atoms with van der Waals surface area (Å²) in [4.78, 5) is 10.1. The van der Waals surface area contributed by atoms with E-state index in [2.05, 4.69) is 0 Å². The van der Waals surface area contributed by atoms with Crippen molar-refractivity contribution < 1.29 is 4.92 Å². The third-order valence-corrected chi connectivity index (χ3v) is 4.48. The molecule has 0 fully saturated rings. The summed E-state index contributed by atoms with van der Waals surface area (Å²) in [7, 11) is 0. The third-order valence-electron chi connectivity index (χ3n) is 2.10. The van der Waals surface area contributed by atoms with E-state index >= 15 is 0 Å². The Balaban J connectivity index is 2.13. The summed E-state index contributed by atoms with van der Waals surface area (Å²) in [6, 6.07) is 14.3. The molecule has 86 valence electrons. The van der Waals surface area contributed by atoms with E-state index in [1.165, 1.54) is 16.6 Å². The molecule has 0 N–H and O–H groups in total. The fraction of sp³-hybridized carbons (Fsp3) is 0. The van der Waals surface area contributed by atoms with Crippen LogP contribution in [0.5, 0.6) is 0 Å². The predicted octanol–water partition coefficient (Wildman–Crippen LogP) is 1.90. The van der Waals surface area contributed by atoms with Crippen LogP contribution in [-0.4, -0.2) is 19.9 Å². The first-order valence-corrected chi connectivity index (χ1v) is 6.92. The summed E-state index contributed by atoms with van der Waals surface area (Å²) in [6.45, 7) is 0. The van der Waals surface area contributed by atoms with E-state index in [1.54, 1.807) is 12.1 Å². The average Bonchev–Trinajstić information content (AvgIpc) is 2.33. The van der Waals surface area contributed by atoms with Gasteiger partial charge in [-0.05, 0) is 0 Å². The number of rotatable bonds is 3. The van der Waals surface area contributed by atoms with Crippen molar-refractivity contribution in [3.63, 3.8) is 0 Å². The van der Waals surface area contributed by atoms with Crippen molar-refractivity contribution in [3.05, 3.63) is 63.7 Å². The van der Waals surface area contributed by atoms with Crippen molar-refractivity contribution in [1.82, 2.24) is 0 Å². The second-order valence-electron chi connectivity index (χ2n) is 3.31. The molecule has 0 bridgehead atoms. The molecule has 0 radical (unpaired) electrons. The first-order chi connectivity index (χ1) is 8.15. The SMILES string of the molecule is O=[N+]([O-])c1ccc([Se]c2ccc(Cl)cc2)cc1. The van der Waals surface area contributed by atoms with Crippen LogP contribution >= 0.6 is 11.6 Å². The molecule has 3 nitrogen and oxygen atoms in total. The van der Waals surface area contributed by atoms with Crippen LogP contribution in [0.3, 0.4) is 0 Å². The Morgan fingerprint density at radius 1 is 0.941 bits per heavy atom. The molecule has 2 rings (SSSR count). The molecule has 5 heteroatoms. The van der Waals surface area contributed by atoms with Crippen molar-refractivity contribution >= 4 is 41.2 Å². The maximum atomic E-state index is 10.5. The van der Waals surface area contributed by atoms with Gasteiger partial charge in [-0.1, -0.05) is 0 Å². The van der Waals surface area contributed by atoms with Crippen LogP contribution in [-0.2, 0) is 0 Å². The molecule has 0 unspecified atom stereocenters. The zero-order valence-corrected chi connectivity index (χ0v) is 11.1. The summed E-state index contributed by atoms with van der Waals surface area (Å²) >= 11 is 5.95. The van der Waals surface area contributed by atoms with E-state index in [1.807, 2.05) is 24.3 Å². The van der Waals surface area contributed by atoms with Crippen LogP contribution in [0.15, 0.2) is 48.5 Å². The van der Waals surface area contributed by atoms with Gasteiger partial charge in [0.25, 0.3) is 0 Å².